The zero-order chi connectivity index (χ0) is 19.2. The average molecular weight is 372 g/mol. The van der Waals surface area contributed by atoms with Crippen molar-refractivity contribution in [3.63, 3.8) is 0 Å². The van der Waals surface area contributed by atoms with Crippen LogP contribution in [0.4, 0.5) is 11.4 Å². The summed E-state index contributed by atoms with van der Waals surface area (Å²) in [5.41, 5.74) is 8.08. The van der Waals surface area contributed by atoms with E-state index in [2.05, 4.69) is 15.2 Å². The molecule has 0 aliphatic rings. The van der Waals surface area contributed by atoms with Crippen LogP contribution in [-0.2, 0) is 10.0 Å². The quantitative estimate of drug-likeness (QED) is 0.330. The Kier molecular flexibility index (Phi) is 5.77. The molecule has 2 aromatic carbocycles. The Labute approximate surface area is 150 Å². The van der Waals surface area contributed by atoms with Crippen LogP contribution in [0.2, 0.25) is 0 Å². The van der Waals surface area contributed by atoms with Gasteiger partial charge in [-0.3, -0.25) is 15.6 Å². The molecule has 26 heavy (non-hydrogen) atoms. The number of nitrogens with zero attached hydrogens (tertiary/aromatic N) is 2. The van der Waals surface area contributed by atoms with E-state index in [9.17, 15) is 8.42 Å². The molecule has 0 unspecified atom stereocenters. The van der Waals surface area contributed by atoms with Gasteiger partial charge in [-0.2, -0.15) is 10.4 Å². The highest BCUT2D eigenvalue weighted by Crippen LogP contribution is 2.21. The van der Waals surface area contributed by atoms with E-state index in [1.165, 1.54) is 25.3 Å². The van der Waals surface area contributed by atoms with Gasteiger partial charge in [-0.15, -0.1) is 0 Å². The van der Waals surface area contributed by atoms with Gasteiger partial charge >= 0.3 is 0 Å². The molecular weight excluding hydrogens is 356 g/mol. The first-order valence-electron chi connectivity index (χ1n) is 7.21. The number of hydrogen-bond acceptors (Lipinski definition) is 7. The van der Waals surface area contributed by atoms with Gasteiger partial charge in [-0.25, -0.2) is 8.42 Å². The fraction of sp³-hybridized carbons (Fsp3) is 0.0625. The molecule has 5 N–H and O–H groups in total. The Bertz CT molecular complexity index is 978. The maximum absolute atomic E-state index is 12.5. The first-order valence-corrected chi connectivity index (χ1v) is 8.69. The number of hydrazone groups is 1. The van der Waals surface area contributed by atoms with Gasteiger partial charge in [0.2, 0.25) is 5.71 Å². The predicted molar refractivity (Wildman–Crippen MR) is 98.8 cm³/mol. The zero-order valence-electron chi connectivity index (χ0n) is 13.7. The van der Waals surface area contributed by atoms with Crippen molar-refractivity contribution in [2.75, 3.05) is 17.3 Å². The number of anilines is 2. The molecule has 0 atom stereocenters. The van der Waals surface area contributed by atoms with E-state index in [0.717, 1.165) is 0 Å². The fourth-order valence-electron chi connectivity index (χ4n) is 1.87. The third-order valence-electron chi connectivity index (χ3n) is 3.14. The number of nitrogens with two attached hydrogens (primary N) is 1. The molecule has 0 aliphatic carbocycles. The number of methoxy groups -OCH3 is 1. The zero-order valence-corrected chi connectivity index (χ0v) is 14.5. The van der Waals surface area contributed by atoms with E-state index in [0.29, 0.717) is 17.1 Å². The van der Waals surface area contributed by atoms with Gasteiger partial charge in [0.25, 0.3) is 10.0 Å². The minimum atomic E-state index is -3.83. The standard InChI is InChI=1S/C16H16N6O3S/c1-25-13-7-5-11(6-8-13)22-26(23,24)14-4-2-3-12(9-14)20-21-15(10-17)16(18)19/h2-9,20,22H,1H3,(H3,18,19)/b21-15+. The number of ether oxygens (including phenoxy) is 1. The van der Waals surface area contributed by atoms with Gasteiger partial charge in [0.15, 0.2) is 5.84 Å². The molecule has 0 bridgehead atoms. The van der Waals surface area contributed by atoms with Crippen molar-refractivity contribution in [2.45, 2.75) is 4.90 Å². The highest BCUT2D eigenvalue weighted by Gasteiger charge is 2.15. The predicted octanol–water partition coefficient (Wildman–Crippen LogP) is 1.72. The van der Waals surface area contributed by atoms with E-state index >= 15 is 0 Å². The van der Waals surface area contributed by atoms with E-state index < -0.39 is 15.9 Å². The Balaban J connectivity index is 2.22. The number of sulfonamides is 1. The van der Waals surface area contributed by atoms with Crippen LogP contribution in [0.1, 0.15) is 0 Å². The SMILES string of the molecule is COc1ccc(NS(=O)(=O)c2cccc(N/N=C(\C#N)C(=N)N)c2)cc1. The molecule has 9 nitrogen and oxygen atoms in total. The van der Waals surface area contributed by atoms with Crippen LogP contribution in [0.15, 0.2) is 58.5 Å². The molecule has 0 spiro atoms. The third kappa shape index (κ3) is 4.71. The van der Waals surface area contributed by atoms with Gasteiger partial charge in [-0.1, -0.05) is 6.07 Å². The van der Waals surface area contributed by atoms with Crippen LogP contribution < -0.4 is 20.6 Å². The minimum Gasteiger partial charge on any atom is -0.497 e. The topological polar surface area (TPSA) is 153 Å². The van der Waals surface area contributed by atoms with Gasteiger partial charge in [0, 0.05) is 5.69 Å². The lowest BCUT2D eigenvalue weighted by atomic mass is 10.3. The molecule has 2 aromatic rings. The summed E-state index contributed by atoms with van der Waals surface area (Å²) >= 11 is 0. The number of amidine groups is 1. The molecule has 0 aromatic heterocycles. The Morgan fingerprint density at radius 2 is 1.92 bits per heavy atom. The highest BCUT2D eigenvalue weighted by molar-refractivity contribution is 7.92. The van der Waals surface area contributed by atoms with Crippen molar-refractivity contribution < 1.29 is 13.2 Å². The summed E-state index contributed by atoms with van der Waals surface area (Å²) in [6.07, 6.45) is 0. The Morgan fingerprint density at radius 1 is 1.23 bits per heavy atom. The first-order chi connectivity index (χ1) is 12.4. The van der Waals surface area contributed by atoms with E-state index in [1.807, 2.05) is 0 Å². The second kappa shape index (κ2) is 8.00. The summed E-state index contributed by atoms with van der Waals surface area (Å²) in [4.78, 5) is -0.00477. The molecule has 0 fully saturated rings. The maximum atomic E-state index is 12.5. The van der Waals surface area contributed by atoms with Crippen LogP contribution in [0.3, 0.4) is 0 Å². The summed E-state index contributed by atoms with van der Waals surface area (Å²) in [5, 5.41) is 19.7. The van der Waals surface area contributed by atoms with Crippen molar-refractivity contribution in [1.82, 2.24) is 0 Å². The minimum absolute atomic E-state index is 0.00477. The van der Waals surface area contributed by atoms with Crippen LogP contribution in [0.5, 0.6) is 5.75 Å². The van der Waals surface area contributed by atoms with Gasteiger partial charge in [0.05, 0.1) is 17.7 Å². The van der Waals surface area contributed by atoms with Crippen LogP contribution in [0.25, 0.3) is 0 Å². The highest BCUT2D eigenvalue weighted by atomic mass is 32.2. The number of benzene rings is 2. The van der Waals surface area contributed by atoms with E-state index in [1.54, 1.807) is 36.4 Å². The number of nitriles is 1. The molecule has 0 aliphatic heterocycles. The van der Waals surface area contributed by atoms with Gasteiger partial charge in [0.1, 0.15) is 11.8 Å². The second-order valence-electron chi connectivity index (χ2n) is 4.96. The molecule has 0 saturated heterocycles. The Hall–Kier alpha value is -3.58. The molecule has 0 radical (unpaired) electrons. The van der Waals surface area contributed by atoms with Crippen LogP contribution >= 0.6 is 0 Å². The van der Waals surface area contributed by atoms with Crippen molar-refractivity contribution in [3.05, 3.63) is 48.5 Å². The summed E-state index contributed by atoms with van der Waals surface area (Å²) in [6, 6.07) is 13.9. The molecule has 2 rings (SSSR count). The monoisotopic (exact) mass is 372 g/mol. The Morgan fingerprint density at radius 3 is 2.50 bits per heavy atom. The summed E-state index contributed by atoms with van der Waals surface area (Å²) in [5.74, 6) is 0.112. The maximum Gasteiger partial charge on any atom is 0.261 e. The molecule has 0 heterocycles. The average Bonchev–Trinajstić information content (AvgIpc) is 2.62. The second-order valence-corrected chi connectivity index (χ2v) is 6.64. The van der Waals surface area contributed by atoms with Gasteiger partial charge < -0.3 is 10.5 Å². The summed E-state index contributed by atoms with van der Waals surface area (Å²) < 4.78 is 32.5. The van der Waals surface area contributed by atoms with Crippen molar-refractivity contribution in [2.24, 2.45) is 10.8 Å². The molecule has 0 saturated carbocycles. The fourth-order valence-corrected chi connectivity index (χ4v) is 2.98. The molecule has 10 heteroatoms. The smallest absolute Gasteiger partial charge is 0.261 e. The lowest BCUT2D eigenvalue weighted by Gasteiger charge is -2.10. The van der Waals surface area contributed by atoms with Crippen LogP contribution in [0, 0.1) is 16.7 Å². The number of rotatable bonds is 7. The number of nitrogens with one attached hydrogen (secondary N) is 3. The summed E-state index contributed by atoms with van der Waals surface area (Å²) in [7, 11) is -2.31. The molecule has 134 valence electrons. The normalized spacial score (nSPS) is 11.3. The lowest BCUT2D eigenvalue weighted by Crippen LogP contribution is -2.21. The van der Waals surface area contributed by atoms with Crippen molar-refractivity contribution >= 4 is 32.9 Å². The van der Waals surface area contributed by atoms with E-state index in [4.69, 9.17) is 21.1 Å². The molecular formula is C16H16N6O3S. The van der Waals surface area contributed by atoms with Crippen molar-refractivity contribution in [1.29, 1.82) is 10.7 Å². The first kappa shape index (κ1) is 18.8. The summed E-state index contributed by atoms with van der Waals surface area (Å²) in [6.45, 7) is 0. The molecule has 0 amide bonds. The van der Waals surface area contributed by atoms with Crippen molar-refractivity contribution in [3.8, 4) is 11.8 Å². The largest absolute Gasteiger partial charge is 0.497 e. The lowest BCUT2D eigenvalue weighted by molar-refractivity contribution is 0.415. The van der Waals surface area contributed by atoms with E-state index in [-0.39, 0.29) is 10.6 Å². The van der Waals surface area contributed by atoms with Crippen LogP contribution in [-0.4, -0.2) is 27.1 Å². The van der Waals surface area contributed by atoms with Gasteiger partial charge in [-0.05, 0) is 42.5 Å². The third-order valence-corrected chi connectivity index (χ3v) is 4.52. The number of hydrogen-bond donors (Lipinski definition) is 4.